The molecule has 1 aliphatic rings. The highest BCUT2D eigenvalue weighted by Crippen LogP contribution is 2.36. The molecule has 0 unspecified atom stereocenters. The maximum absolute atomic E-state index is 12.5. The van der Waals surface area contributed by atoms with Crippen molar-refractivity contribution in [3.05, 3.63) is 65.1 Å². The van der Waals surface area contributed by atoms with Crippen LogP contribution in [0.3, 0.4) is 0 Å². The molecule has 2 rings (SSSR count). The molecular formula is C18H18O5. The van der Waals surface area contributed by atoms with Gasteiger partial charge in [0.1, 0.15) is 22.9 Å². The molecule has 23 heavy (non-hydrogen) atoms. The Labute approximate surface area is 134 Å². The lowest BCUT2D eigenvalue weighted by Crippen LogP contribution is -2.35. The minimum absolute atomic E-state index is 0.271. The first kappa shape index (κ1) is 16.5. The number of allylic oxidation sites excluding steroid dienone is 4. The number of Topliss-reactive ketones (excluding diaryl/α,β-unsaturated/α-hetero) is 1. The second-order valence-corrected chi connectivity index (χ2v) is 5.69. The third kappa shape index (κ3) is 3.04. The third-order valence-corrected chi connectivity index (χ3v) is 3.74. The van der Waals surface area contributed by atoms with Gasteiger partial charge < -0.3 is 14.9 Å². The fraction of sp³-hybridized carbons (Fsp3) is 0.222. The average Bonchev–Trinajstić information content (AvgIpc) is 2.52. The maximum Gasteiger partial charge on any atom is 0.196 e. The van der Waals surface area contributed by atoms with Crippen molar-refractivity contribution in [3.8, 4) is 0 Å². The zero-order chi connectivity index (χ0) is 17.2. The van der Waals surface area contributed by atoms with Crippen LogP contribution < -0.4 is 0 Å². The molecule has 0 saturated heterocycles. The van der Waals surface area contributed by atoms with E-state index in [1.807, 2.05) is 0 Å². The Morgan fingerprint density at radius 2 is 1.83 bits per heavy atom. The first-order valence-corrected chi connectivity index (χ1v) is 7.03. The highest BCUT2D eigenvalue weighted by atomic mass is 16.5. The first-order chi connectivity index (χ1) is 10.8. The molecule has 1 aromatic rings. The number of ketones is 2. The van der Waals surface area contributed by atoms with Crippen molar-refractivity contribution in [2.45, 2.75) is 13.8 Å². The second kappa shape index (κ2) is 6.12. The molecule has 2 N–H and O–H groups in total. The van der Waals surface area contributed by atoms with Crippen LogP contribution in [-0.2, 0) is 14.3 Å². The van der Waals surface area contributed by atoms with Crippen LogP contribution >= 0.6 is 0 Å². The molecule has 5 heteroatoms. The minimum Gasteiger partial charge on any atom is -0.507 e. The standard InChI is InChI=1S/C18H18O5/c1-18(2)15(23-3)10-14(21)16(17(18)22)13(20)9-12(19)11-7-5-4-6-8-11/h4-10,19,21H,1-3H3. The van der Waals surface area contributed by atoms with Crippen molar-refractivity contribution in [2.24, 2.45) is 5.41 Å². The van der Waals surface area contributed by atoms with Crippen molar-refractivity contribution in [2.75, 3.05) is 7.11 Å². The summed E-state index contributed by atoms with van der Waals surface area (Å²) in [5.41, 5.74) is -0.989. The molecule has 120 valence electrons. The molecule has 0 heterocycles. The molecule has 5 nitrogen and oxygen atoms in total. The summed E-state index contributed by atoms with van der Waals surface area (Å²) in [4.78, 5) is 24.9. The van der Waals surface area contributed by atoms with Crippen molar-refractivity contribution < 1.29 is 24.5 Å². The van der Waals surface area contributed by atoms with Crippen LogP contribution in [0.4, 0.5) is 0 Å². The summed E-state index contributed by atoms with van der Waals surface area (Å²) in [6, 6.07) is 8.45. The summed E-state index contributed by atoms with van der Waals surface area (Å²) in [6.45, 7) is 3.20. The molecule has 0 spiro atoms. The molecule has 1 aliphatic carbocycles. The number of benzene rings is 1. The molecule has 0 fully saturated rings. The van der Waals surface area contributed by atoms with Gasteiger partial charge in [-0.25, -0.2) is 0 Å². The van der Waals surface area contributed by atoms with Crippen LogP contribution in [0.2, 0.25) is 0 Å². The number of aliphatic hydroxyl groups excluding tert-OH is 2. The zero-order valence-corrected chi connectivity index (χ0v) is 13.2. The van der Waals surface area contributed by atoms with Crippen molar-refractivity contribution in [1.29, 1.82) is 0 Å². The van der Waals surface area contributed by atoms with Gasteiger partial charge in [-0.15, -0.1) is 0 Å². The lowest BCUT2D eigenvalue weighted by Gasteiger charge is -2.29. The van der Waals surface area contributed by atoms with E-state index >= 15 is 0 Å². The Morgan fingerprint density at radius 1 is 1.22 bits per heavy atom. The van der Waals surface area contributed by atoms with Gasteiger partial charge >= 0.3 is 0 Å². The SMILES string of the molecule is COC1=CC(O)=C(C(=O)C=C(O)c2ccccc2)C(=O)C1(C)C. The fourth-order valence-electron chi connectivity index (χ4n) is 2.36. The van der Waals surface area contributed by atoms with Gasteiger partial charge in [0.2, 0.25) is 0 Å². The fourth-order valence-corrected chi connectivity index (χ4v) is 2.36. The molecule has 0 aromatic heterocycles. The van der Waals surface area contributed by atoms with Gasteiger partial charge in [-0.3, -0.25) is 9.59 Å². The lowest BCUT2D eigenvalue weighted by molar-refractivity contribution is -0.126. The van der Waals surface area contributed by atoms with Crippen molar-refractivity contribution >= 4 is 17.3 Å². The van der Waals surface area contributed by atoms with E-state index in [-0.39, 0.29) is 17.1 Å². The third-order valence-electron chi connectivity index (χ3n) is 3.74. The Hall–Kier alpha value is -2.82. The van der Waals surface area contributed by atoms with Gasteiger partial charge in [-0.2, -0.15) is 0 Å². The number of carbonyl (C=O) groups is 2. The number of rotatable bonds is 4. The quantitative estimate of drug-likeness (QED) is 0.507. The molecule has 0 atom stereocenters. The van der Waals surface area contributed by atoms with E-state index < -0.39 is 22.7 Å². The highest BCUT2D eigenvalue weighted by Gasteiger charge is 2.42. The summed E-state index contributed by atoms with van der Waals surface area (Å²) in [5.74, 6) is -1.78. The monoisotopic (exact) mass is 314 g/mol. The summed E-state index contributed by atoms with van der Waals surface area (Å²) in [7, 11) is 1.39. The van der Waals surface area contributed by atoms with Crippen LogP contribution in [0.1, 0.15) is 19.4 Å². The van der Waals surface area contributed by atoms with E-state index in [9.17, 15) is 19.8 Å². The molecule has 0 amide bonds. The topological polar surface area (TPSA) is 83.8 Å². The van der Waals surface area contributed by atoms with E-state index in [0.29, 0.717) is 5.56 Å². The van der Waals surface area contributed by atoms with Crippen molar-refractivity contribution in [1.82, 2.24) is 0 Å². The van der Waals surface area contributed by atoms with Crippen LogP contribution in [-0.4, -0.2) is 28.9 Å². The first-order valence-electron chi connectivity index (χ1n) is 7.03. The molecule has 0 bridgehead atoms. The van der Waals surface area contributed by atoms with Crippen molar-refractivity contribution in [3.63, 3.8) is 0 Å². The summed E-state index contributed by atoms with van der Waals surface area (Å²) < 4.78 is 5.10. The summed E-state index contributed by atoms with van der Waals surface area (Å²) in [5, 5.41) is 20.0. The Balaban J connectivity index is 2.43. The number of carbonyl (C=O) groups excluding carboxylic acids is 2. The van der Waals surface area contributed by atoms with Gasteiger partial charge in [0.25, 0.3) is 0 Å². The van der Waals surface area contributed by atoms with Crippen LogP contribution in [0.5, 0.6) is 0 Å². The van der Waals surface area contributed by atoms with E-state index in [0.717, 1.165) is 6.08 Å². The number of ether oxygens (including phenoxy) is 1. The predicted octanol–water partition coefficient (Wildman–Crippen LogP) is 3.11. The molecular weight excluding hydrogens is 296 g/mol. The minimum atomic E-state index is -1.07. The van der Waals surface area contributed by atoms with E-state index in [4.69, 9.17) is 4.74 Å². The number of aliphatic hydroxyl groups is 2. The largest absolute Gasteiger partial charge is 0.507 e. The van der Waals surface area contributed by atoms with Gasteiger partial charge in [0.15, 0.2) is 11.6 Å². The van der Waals surface area contributed by atoms with Crippen LogP contribution in [0.25, 0.3) is 5.76 Å². The van der Waals surface area contributed by atoms with Gasteiger partial charge in [-0.05, 0) is 13.8 Å². The summed E-state index contributed by atoms with van der Waals surface area (Å²) >= 11 is 0. The number of hydrogen-bond donors (Lipinski definition) is 2. The predicted molar refractivity (Wildman–Crippen MR) is 85.6 cm³/mol. The lowest BCUT2D eigenvalue weighted by atomic mass is 9.77. The Bertz CT molecular complexity index is 736. The number of methoxy groups -OCH3 is 1. The normalized spacial score (nSPS) is 17.8. The molecule has 1 aromatic carbocycles. The van der Waals surface area contributed by atoms with Gasteiger partial charge in [-0.1, -0.05) is 30.3 Å². The average molecular weight is 314 g/mol. The van der Waals surface area contributed by atoms with Gasteiger partial charge in [0, 0.05) is 17.7 Å². The van der Waals surface area contributed by atoms with Crippen LogP contribution in [0, 0.1) is 5.41 Å². The summed E-state index contributed by atoms with van der Waals surface area (Å²) in [6.07, 6.45) is 2.18. The zero-order valence-electron chi connectivity index (χ0n) is 13.2. The molecule has 0 radical (unpaired) electrons. The highest BCUT2D eigenvalue weighted by molar-refractivity contribution is 6.28. The van der Waals surface area contributed by atoms with Crippen LogP contribution in [0.15, 0.2) is 59.6 Å². The Morgan fingerprint density at radius 3 is 2.39 bits per heavy atom. The number of hydrogen-bond acceptors (Lipinski definition) is 5. The maximum atomic E-state index is 12.5. The van der Waals surface area contributed by atoms with E-state index in [1.165, 1.54) is 13.2 Å². The van der Waals surface area contributed by atoms with E-state index in [1.54, 1.807) is 44.2 Å². The second-order valence-electron chi connectivity index (χ2n) is 5.69. The molecule has 0 aliphatic heterocycles. The Kier molecular flexibility index (Phi) is 4.40. The van der Waals surface area contributed by atoms with E-state index in [2.05, 4.69) is 0 Å². The molecule has 0 saturated carbocycles. The smallest absolute Gasteiger partial charge is 0.196 e. The van der Waals surface area contributed by atoms with Gasteiger partial charge in [0.05, 0.1) is 12.5 Å².